The molecule has 3 atom stereocenters. The van der Waals surface area contributed by atoms with Gasteiger partial charge >= 0.3 is 0 Å². The molecule has 0 bridgehead atoms. The van der Waals surface area contributed by atoms with Crippen molar-refractivity contribution < 1.29 is 14.4 Å². The van der Waals surface area contributed by atoms with E-state index in [9.17, 15) is 4.79 Å². The minimum atomic E-state index is -0.245. The maximum absolute atomic E-state index is 12.3. The first-order valence-corrected chi connectivity index (χ1v) is 8.89. The SMILES string of the molecule is CC1C(CCCc2ccc(Cl)cc2)C(=O)N1OC1CCCCO1. The summed E-state index contributed by atoms with van der Waals surface area (Å²) in [6.45, 7) is 2.78. The third-order valence-corrected chi connectivity index (χ3v) is 5.00. The molecule has 1 aromatic rings. The normalized spacial score (nSPS) is 27.8. The Hall–Kier alpha value is -1.10. The predicted octanol–water partition coefficient (Wildman–Crippen LogP) is 3.97. The number of hydrogen-bond donors (Lipinski definition) is 0. The summed E-state index contributed by atoms with van der Waals surface area (Å²) in [5, 5.41) is 2.28. The zero-order chi connectivity index (χ0) is 16.2. The molecule has 4 nitrogen and oxygen atoms in total. The van der Waals surface area contributed by atoms with Gasteiger partial charge in [0.05, 0.1) is 12.0 Å². The smallest absolute Gasteiger partial charge is 0.251 e. The molecule has 2 saturated heterocycles. The van der Waals surface area contributed by atoms with Crippen LogP contribution in [0.2, 0.25) is 5.02 Å². The second-order valence-corrected chi connectivity index (χ2v) is 6.87. The Bertz CT molecular complexity index is 528. The van der Waals surface area contributed by atoms with Crippen LogP contribution in [-0.2, 0) is 20.8 Å². The number of β-lactam (4-membered cyclic amide) rings is 1. The molecule has 5 heteroatoms. The lowest BCUT2D eigenvalue weighted by molar-refractivity contribution is -0.316. The van der Waals surface area contributed by atoms with E-state index >= 15 is 0 Å². The van der Waals surface area contributed by atoms with Crippen LogP contribution in [0.15, 0.2) is 24.3 Å². The summed E-state index contributed by atoms with van der Waals surface area (Å²) in [6, 6.07) is 8.05. The first-order valence-electron chi connectivity index (χ1n) is 8.51. The van der Waals surface area contributed by atoms with E-state index in [0.29, 0.717) is 0 Å². The molecule has 0 aromatic heterocycles. The van der Waals surface area contributed by atoms with Gasteiger partial charge in [0.15, 0.2) is 6.29 Å². The van der Waals surface area contributed by atoms with Crippen molar-refractivity contribution in [3.8, 4) is 0 Å². The minimum Gasteiger partial charge on any atom is -0.350 e. The van der Waals surface area contributed by atoms with Gasteiger partial charge in [0.1, 0.15) is 0 Å². The number of halogens is 1. The fraction of sp³-hybridized carbons (Fsp3) is 0.611. The highest BCUT2D eigenvalue weighted by Gasteiger charge is 2.46. The Morgan fingerprint density at radius 2 is 2.09 bits per heavy atom. The van der Waals surface area contributed by atoms with Crippen molar-refractivity contribution in [3.05, 3.63) is 34.9 Å². The molecular weight excluding hydrogens is 314 g/mol. The average Bonchev–Trinajstić information content (AvgIpc) is 2.59. The lowest BCUT2D eigenvalue weighted by atomic mass is 9.86. The second-order valence-electron chi connectivity index (χ2n) is 6.43. The Kier molecular flexibility index (Phi) is 5.57. The lowest BCUT2D eigenvalue weighted by Crippen LogP contribution is -2.60. The Labute approximate surface area is 142 Å². The van der Waals surface area contributed by atoms with Crippen molar-refractivity contribution in [1.82, 2.24) is 5.06 Å². The van der Waals surface area contributed by atoms with E-state index in [1.165, 1.54) is 10.6 Å². The molecule has 0 aliphatic carbocycles. The maximum atomic E-state index is 12.3. The van der Waals surface area contributed by atoms with Gasteiger partial charge in [-0.1, -0.05) is 23.7 Å². The van der Waals surface area contributed by atoms with E-state index in [0.717, 1.165) is 50.2 Å². The van der Waals surface area contributed by atoms with Gasteiger partial charge in [0.25, 0.3) is 5.91 Å². The quantitative estimate of drug-likeness (QED) is 0.737. The summed E-state index contributed by atoms with van der Waals surface area (Å²) < 4.78 is 5.54. The van der Waals surface area contributed by atoms with Crippen LogP contribution >= 0.6 is 11.6 Å². The van der Waals surface area contributed by atoms with Gasteiger partial charge in [-0.05, 0) is 56.7 Å². The molecule has 0 spiro atoms. The summed E-state index contributed by atoms with van der Waals surface area (Å²) in [5.41, 5.74) is 1.26. The van der Waals surface area contributed by atoms with Crippen LogP contribution in [0.4, 0.5) is 0 Å². The van der Waals surface area contributed by atoms with Crippen LogP contribution in [0, 0.1) is 5.92 Å². The first-order chi connectivity index (χ1) is 11.1. The van der Waals surface area contributed by atoms with Gasteiger partial charge in [-0.25, -0.2) is 9.90 Å². The summed E-state index contributed by atoms with van der Waals surface area (Å²) in [7, 11) is 0. The van der Waals surface area contributed by atoms with Crippen molar-refractivity contribution in [2.24, 2.45) is 5.92 Å². The van der Waals surface area contributed by atoms with E-state index in [-0.39, 0.29) is 24.2 Å². The van der Waals surface area contributed by atoms with Crippen molar-refractivity contribution >= 4 is 17.5 Å². The number of rotatable bonds is 6. The Morgan fingerprint density at radius 3 is 2.74 bits per heavy atom. The van der Waals surface area contributed by atoms with Crippen molar-refractivity contribution in [3.63, 3.8) is 0 Å². The molecule has 1 amide bonds. The standard InChI is InChI=1S/C18H24ClNO3/c1-13-16(6-4-5-14-8-10-15(19)11-9-14)18(21)20(13)23-17-7-2-3-12-22-17/h8-11,13,16-17H,2-7,12H2,1H3. The molecule has 23 heavy (non-hydrogen) atoms. The lowest BCUT2D eigenvalue weighted by Gasteiger charge is -2.45. The van der Waals surface area contributed by atoms with E-state index in [2.05, 4.69) is 6.92 Å². The van der Waals surface area contributed by atoms with E-state index in [1.54, 1.807) is 0 Å². The van der Waals surface area contributed by atoms with Gasteiger partial charge in [0, 0.05) is 18.1 Å². The second kappa shape index (κ2) is 7.65. The van der Waals surface area contributed by atoms with Crippen molar-refractivity contribution in [1.29, 1.82) is 0 Å². The maximum Gasteiger partial charge on any atom is 0.251 e. The zero-order valence-electron chi connectivity index (χ0n) is 13.5. The Balaban J connectivity index is 1.41. The van der Waals surface area contributed by atoms with Crippen LogP contribution in [0.1, 0.15) is 44.6 Å². The number of carbonyl (C=O) groups excluding carboxylic acids is 1. The van der Waals surface area contributed by atoms with Gasteiger partial charge < -0.3 is 4.74 Å². The number of ether oxygens (including phenoxy) is 1. The number of carbonyl (C=O) groups is 1. The summed E-state index contributed by atoms with van der Waals surface area (Å²) in [5.74, 6) is 0.175. The van der Waals surface area contributed by atoms with Gasteiger partial charge in [-0.15, -0.1) is 0 Å². The average molecular weight is 338 g/mol. The molecule has 0 N–H and O–H groups in total. The molecule has 0 saturated carbocycles. The van der Waals surface area contributed by atoms with E-state index < -0.39 is 0 Å². The van der Waals surface area contributed by atoms with Crippen molar-refractivity contribution in [2.75, 3.05) is 6.61 Å². The molecule has 3 rings (SSSR count). The molecule has 3 unspecified atom stereocenters. The fourth-order valence-electron chi connectivity index (χ4n) is 3.26. The molecule has 126 valence electrons. The molecule has 0 radical (unpaired) electrons. The van der Waals surface area contributed by atoms with Crippen LogP contribution in [0.25, 0.3) is 0 Å². The summed E-state index contributed by atoms with van der Waals surface area (Å²) in [6.07, 6.45) is 5.68. The molecule has 2 fully saturated rings. The molecule has 2 aliphatic rings. The minimum absolute atomic E-state index is 0.0749. The first kappa shape index (κ1) is 16.7. The number of benzene rings is 1. The number of hydrogen-bond acceptors (Lipinski definition) is 3. The number of amides is 1. The fourth-order valence-corrected chi connectivity index (χ4v) is 3.39. The monoisotopic (exact) mass is 337 g/mol. The molecule has 2 aliphatic heterocycles. The highest BCUT2D eigenvalue weighted by Crippen LogP contribution is 2.32. The highest BCUT2D eigenvalue weighted by atomic mass is 35.5. The third kappa shape index (κ3) is 4.06. The zero-order valence-corrected chi connectivity index (χ0v) is 14.3. The highest BCUT2D eigenvalue weighted by molar-refractivity contribution is 6.30. The predicted molar refractivity (Wildman–Crippen MR) is 88.9 cm³/mol. The number of nitrogens with zero attached hydrogens (tertiary/aromatic N) is 1. The van der Waals surface area contributed by atoms with Crippen LogP contribution in [0.3, 0.4) is 0 Å². The van der Waals surface area contributed by atoms with Gasteiger partial charge in [-0.3, -0.25) is 4.79 Å². The van der Waals surface area contributed by atoms with Gasteiger partial charge in [-0.2, -0.15) is 0 Å². The van der Waals surface area contributed by atoms with Crippen LogP contribution in [0.5, 0.6) is 0 Å². The van der Waals surface area contributed by atoms with E-state index in [1.807, 2.05) is 24.3 Å². The van der Waals surface area contributed by atoms with Gasteiger partial charge in [0.2, 0.25) is 0 Å². The van der Waals surface area contributed by atoms with Crippen LogP contribution in [-0.4, -0.2) is 29.9 Å². The topological polar surface area (TPSA) is 38.8 Å². The Morgan fingerprint density at radius 1 is 1.30 bits per heavy atom. The van der Waals surface area contributed by atoms with Crippen LogP contribution < -0.4 is 0 Å². The third-order valence-electron chi connectivity index (χ3n) is 4.75. The summed E-state index contributed by atoms with van der Waals surface area (Å²) in [4.78, 5) is 18.0. The van der Waals surface area contributed by atoms with E-state index in [4.69, 9.17) is 21.2 Å². The molecular formula is C18H24ClNO3. The number of hydroxylamine groups is 2. The number of aryl methyl sites for hydroxylation is 1. The molecule has 1 aromatic carbocycles. The largest absolute Gasteiger partial charge is 0.350 e. The molecule has 2 heterocycles. The summed E-state index contributed by atoms with van der Waals surface area (Å²) >= 11 is 5.89. The van der Waals surface area contributed by atoms with Crippen molar-refractivity contribution in [2.45, 2.75) is 57.8 Å².